The van der Waals surface area contributed by atoms with Crippen molar-refractivity contribution >= 4 is 0 Å². The highest BCUT2D eigenvalue weighted by atomic mass is 16.5. The molecule has 0 radical (unpaired) electrons. The number of quaternary nitrogens is 1. The predicted octanol–water partition coefficient (Wildman–Crippen LogP) is 3.59. The monoisotopic (exact) mass is 340 g/mol. The van der Waals surface area contributed by atoms with E-state index in [1.54, 1.807) is 0 Å². The Morgan fingerprint density at radius 2 is 1.24 bits per heavy atom. The quantitative estimate of drug-likeness (QED) is 0.836. The Balaban J connectivity index is 1.88. The van der Waals surface area contributed by atoms with E-state index >= 15 is 0 Å². The highest BCUT2D eigenvalue weighted by Gasteiger charge is 2.28. The predicted molar refractivity (Wildman–Crippen MR) is 101 cm³/mol. The molecule has 0 bridgehead atoms. The zero-order valence-corrected chi connectivity index (χ0v) is 15.4. The Morgan fingerprint density at radius 3 is 1.64 bits per heavy atom. The molecule has 1 fully saturated rings. The van der Waals surface area contributed by atoms with Crippen molar-refractivity contribution in [3.63, 3.8) is 0 Å². The maximum absolute atomic E-state index is 5.61. The van der Waals surface area contributed by atoms with Gasteiger partial charge < -0.3 is 14.8 Å². The normalized spacial score (nSPS) is 15.3. The molecule has 0 unspecified atom stereocenters. The SMILES string of the molecule is CCOc1ccc(C(c2ccc(OCC)cc2)C2CC[NH2+]CC2)cc1. The van der Waals surface area contributed by atoms with Crippen LogP contribution in [0.4, 0.5) is 0 Å². The first kappa shape index (κ1) is 17.8. The first-order valence-electron chi connectivity index (χ1n) is 9.59. The van der Waals surface area contributed by atoms with Crippen LogP contribution in [0.5, 0.6) is 11.5 Å². The van der Waals surface area contributed by atoms with Gasteiger partial charge in [0.05, 0.1) is 26.3 Å². The van der Waals surface area contributed by atoms with Gasteiger partial charge in [-0.3, -0.25) is 0 Å². The molecule has 25 heavy (non-hydrogen) atoms. The summed E-state index contributed by atoms with van der Waals surface area (Å²) in [5.41, 5.74) is 2.78. The van der Waals surface area contributed by atoms with Gasteiger partial charge in [-0.15, -0.1) is 0 Å². The highest BCUT2D eigenvalue weighted by molar-refractivity contribution is 5.39. The summed E-state index contributed by atoms with van der Waals surface area (Å²) in [7, 11) is 0. The van der Waals surface area contributed by atoms with Crippen LogP contribution in [0.2, 0.25) is 0 Å². The van der Waals surface area contributed by atoms with Crippen molar-refractivity contribution < 1.29 is 14.8 Å². The molecule has 0 saturated carbocycles. The second-order valence-corrected chi connectivity index (χ2v) is 6.69. The van der Waals surface area contributed by atoms with Crippen molar-refractivity contribution in [2.24, 2.45) is 5.92 Å². The fraction of sp³-hybridized carbons (Fsp3) is 0.455. The smallest absolute Gasteiger partial charge is 0.119 e. The van der Waals surface area contributed by atoms with E-state index in [9.17, 15) is 0 Å². The van der Waals surface area contributed by atoms with Crippen molar-refractivity contribution in [1.82, 2.24) is 0 Å². The molecule has 3 rings (SSSR count). The van der Waals surface area contributed by atoms with Crippen LogP contribution in [0.25, 0.3) is 0 Å². The lowest BCUT2D eigenvalue weighted by atomic mass is 9.76. The van der Waals surface area contributed by atoms with Crippen LogP contribution in [-0.4, -0.2) is 26.3 Å². The summed E-state index contributed by atoms with van der Waals surface area (Å²) in [6, 6.07) is 17.4. The lowest BCUT2D eigenvalue weighted by molar-refractivity contribution is -0.665. The third kappa shape index (κ3) is 4.55. The largest absolute Gasteiger partial charge is 0.494 e. The first-order valence-corrected chi connectivity index (χ1v) is 9.59. The molecule has 2 aromatic rings. The topological polar surface area (TPSA) is 35.1 Å². The molecule has 0 aromatic heterocycles. The second kappa shape index (κ2) is 8.91. The number of nitrogens with two attached hydrogens (primary N) is 1. The Labute approximate surface area is 151 Å². The maximum Gasteiger partial charge on any atom is 0.119 e. The summed E-state index contributed by atoms with van der Waals surface area (Å²) < 4.78 is 11.2. The van der Waals surface area contributed by atoms with Gasteiger partial charge in [0.2, 0.25) is 0 Å². The third-order valence-electron chi connectivity index (χ3n) is 5.06. The average molecular weight is 340 g/mol. The number of benzene rings is 2. The van der Waals surface area contributed by atoms with Gasteiger partial charge in [0, 0.05) is 18.8 Å². The van der Waals surface area contributed by atoms with E-state index in [-0.39, 0.29) is 0 Å². The summed E-state index contributed by atoms with van der Waals surface area (Å²) in [6.45, 7) is 7.93. The lowest BCUT2D eigenvalue weighted by Crippen LogP contribution is -2.86. The van der Waals surface area contributed by atoms with Crippen LogP contribution in [0.3, 0.4) is 0 Å². The van der Waals surface area contributed by atoms with Gasteiger partial charge in [0.1, 0.15) is 11.5 Å². The zero-order chi connectivity index (χ0) is 17.5. The average Bonchev–Trinajstić information content (AvgIpc) is 2.66. The van der Waals surface area contributed by atoms with Crippen LogP contribution < -0.4 is 14.8 Å². The van der Waals surface area contributed by atoms with Crippen molar-refractivity contribution in [3.05, 3.63) is 59.7 Å². The van der Waals surface area contributed by atoms with Crippen molar-refractivity contribution in [2.75, 3.05) is 26.3 Å². The fourth-order valence-corrected chi connectivity index (χ4v) is 3.90. The summed E-state index contributed by atoms with van der Waals surface area (Å²) in [4.78, 5) is 0. The minimum Gasteiger partial charge on any atom is -0.494 e. The molecule has 2 N–H and O–H groups in total. The molecule has 0 spiro atoms. The van der Waals surface area contributed by atoms with Gasteiger partial charge in [0.25, 0.3) is 0 Å². The zero-order valence-electron chi connectivity index (χ0n) is 15.4. The standard InChI is InChI=1S/C22H29NO2/c1-3-24-20-9-5-17(6-10-20)22(19-13-15-23-16-14-19)18-7-11-21(12-8-18)25-4-2/h5-12,19,22-23H,3-4,13-16H2,1-2H3/p+1. The second-order valence-electron chi connectivity index (χ2n) is 6.69. The molecule has 2 aromatic carbocycles. The molecule has 134 valence electrons. The van der Waals surface area contributed by atoms with Gasteiger partial charge >= 0.3 is 0 Å². The third-order valence-corrected chi connectivity index (χ3v) is 5.06. The van der Waals surface area contributed by atoms with E-state index in [0.717, 1.165) is 11.5 Å². The molecular formula is C22H30NO2+. The van der Waals surface area contributed by atoms with E-state index < -0.39 is 0 Å². The first-order chi connectivity index (χ1) is 12.3. The molecule has 0 amide bonds. The van der Waals surface area contributed by atoms with E-state index in [1.807, 2.05) is 13.8 Å². The minimum atomic E-state index is 0.444. The van der Waals surface area contributed by atoms with Crippen LogP contribution in [0, 0.1) is 5.92 Å². The molecule has 0 aliphatic carbocycles. The molecule has 3 heteroatoms. The fourth-order valence-electron chi connectivity index (χ4n) is 3.90. The Kier molecular flexibility index (Phi) is 6.35. The molecule has 1 heterocycles. The highest BCUT2D eigenvalue weighted by Crippen LogP contribution is 2.37. The molecule has 1 aliphatic heterocycles. The number of piperidine rings is 1. The van der Waals surface area contributed by atoms with E-state index in [2.05, 4.69) is 53.8 Å². The van der Waals surface area contributed by atoms with Gasteiger partial charge in [0.15, 0.2) is 0 Å². The lowest BCUT2D eigenvalue weighted by Gasteiger charge is -2.30. The van der Waals surface area contributed by atoms with Crippen molar-refractivity contribution in [1.29, 1.82) is 0 Å². The summed E-state index contributed by atoms with van der Waals surface area (Å²) in [5, 5.41) is 2.43. The van der Waals surface area contributed by atoms with Gasteiger partial charge in [-0.05, 0) is 55.2 Å². The molecule has 3 nitrogen and oxygen atoms in total. The summed E-state index contributed by atoms with van der Waals surface area (Å²) >= 11 is 0. The number of ether oxygens (including phenoxy) is 2. The summed E-state index contributed by atoms with van der Waals surface area (Å²) in [6.07, 6.45) is 2.54. The van der Waals surface area contributed by atoms with E-state index in [0.29, 0.717) is 25.0 Å². The molecule has 0 atom stereocenters. The van der Waals surface area contributed by atoms with E-state index in [4.69, 9.17) is 9.47 Å². The number of hydrogen-bond donors (Lipinski definition) is 1. The Morgan fingerprint density at radius 1 is 0.800 bits per heavy atom. The van der Waals surface area contributed by atoms with Crippen LogP contribution in [-0.2, 0) is 0 Å². The maximum atomic E-state index is 5.61. The summed E-state index contributed by atoms with van der Waals surface area (Å²) in [5.74, 6) is 3.04. The van der Waals surface area contributed by atoms with Crippen LogP contribution in [0.15, 0.2) is 48.5 Å². The van der Waals surface area contributed by atoms with Crippen molar-refractivity contribution in [3.8, 4) is 11.5 Å². The Bertz CT molecular complexity index is 581. The molecular weight excluding hydrogens is 310 g/mol. The number of hydrogen-bond acceptors (Lipinski definition) is 2. The van der Waals surface area contributed by atoms with Crippen molar-refractivity contribution in [2.45, 2.75) is 32.6 Å². The Hall–Kier alpha value is -2.00. The van der Waals surface area contributed by atoms with E-state index in [1.165, 1.54) is 37.1 Å². The van der Waals surface area contributed by atoms with Gasteiger partial charge in [-0.25, -0.2) is 0 Å². The molecule has 1 aliphatic rings. The molecule has 1 saturated heterocycles. The number of rotatable bonds is 7. The van der Waals surface area contributed by atoms with Crippen LogP contribution in [0.1, 0.15) is 43.7 Å². The van der Waals surface area contributed by atoms with Gasteiger partial charge in [-0.1, -0.05) is 24.3 Å². The van der Waals surface area contributed by atoms with Crippen LogP contribution >= 0.6 is 0 Å². The van der Waals surface area contributed by atoms with Gasteiger partial charge in [-0.2, -0.15) is 0 Å². The minimum absolute atomic E-state index is 0.444.